The fraction of sp³-hybridized carbons (Fsp3) is 0.0952. The van der Waals surface area contributed by atoms with Crippen molar-refractivity contribution >= 4 is 16.6 Å². The average molecular weight is 300 g/mol. The molecule has 3 aromatic rings. The molecule has 0 unspecified atom stereocenters. The van der Waals surface area contributed by atoms with Gasteiger partial charge in [-0.3, -0.25) is 4.79 Å². The van der Waals surface area contributed by atoms with Gasteiger partial charge in [0.15, 0.2) is 5.78 Å². The van der Waals surface area contributed by atoms with Gasteiger partial charge in [-0.15, -0.1) is 0 Å². The largest absolute Gasteiger partial charge is 0.508 e. The maximum Gasteiger partial charge on any atom is 0.193 e. The van der Waals surface area contributed by atoms with Gasteiger partial charge < -0.3 is 5.11 Å². The minimum Gasteiger partial charge on any atom is -0.508 e. The first-order valence-electron chi connectivity index (χ1n) is 7.77. The number of allylic oxidation sites excluding steroid dienone is 2. The van der Waals surface area contributed by atoms with Crippen molar-refractivity contribution in [3.05, 3.63) is 89.0 Å². The Morgan fingerprint density at radius 3 is 2.39 bits per heavy atom. The number of fused-ring (bicyclic) bond motifs is 2. The van der Waals surface area contributed by atoms with Gasteiger partial charge in [0.05, 0.1) is 0 Å². The van der Waals surface area contributed by atoms with E-state index in [0.717, 1.165) is 21.9 Å². The molecule has 0 atom stereocenters. The molecule has 23 heavy (non-hydrogen) atoms. The van der Waals surface area contributed by atoms with Crippen LogP contribution >= 0.6 is 0 Å². The lowest BCUT2D eigenvalue weighted by Crippen LogP contribution is -2.10. The first-order valence-corrected chi connectivity index (χ1v) is 7.77. The zero-order chi connectivity index (χ0) is 15.8. The quantitative estimate of drug-likeness (QED) is 0.561. The van der Waals surface area contributed by atoms with Gasteiger partial charge in [-0.2, -0.15) is 0 Å². The number of phenols is 1. The number of rotatable bonds is 2. The van der Waals surface area contributed by atoms with Crippen LogP contribution in [0, 0.1) is 0 Å². The molecule has 4 rings (SSSR count). The lowest BCUT2D eigenvalue weighted by atomic mass is 9.87. The van der Waals surface area contributed by atoms with Gasteiger partial charge in [-0.05, 0) is 41.3 Å². The van der Waals surface area contributed by atoms with Crippen LogP contribution in [0.15, 0.2) is 66.7 Å². The zero-order valence-electron chi connectivity index (χ0n) is 12.6. The van der Waals surface area contributed by atoms with E-state index in [9.17, 15) is 9.90 Å². The summed E-state index contributed by atoms with van der Waals surface area (Å²) in [6.45, 7) is 0. The van der Waals surface area contributed by atoms with Crippen molar-refractivity contribution in [1.82, 2.24) is 0 Å². The number of ketones is 1. The molecule has 0 bridgehead atoms. The SMILES string of the molecule is O=C(c1ccc(O)c2c1CC=CC2)c1cccc2ccccc12. The molecular weight excluding hydrogens is 284 g/mol. The van der Waals surface area contributed by atoms with Crippen LogP contribution < -0.4 is 0 Å². The molecule has 0 heterocycles. The highest BCUT2D eigenvalue weighted by Crippen LogP contribution is 2.31. The Bertz CT molecular complexity index is 946. The van der Waals surface area contributed by atoms with Crippen LogP contribution in [0.1, 0.15) is 27.0 Å². The van der Waals surface area contributed by atoms with Crippen LogP contribution in [-0.4, -0.2) is 10.9 Å². The summed E-state index contributed by atoms with van der Waals surface area (Å²) in [5.74, 6) is 0.298. The van der Waals surface area contributed by atoms with Crippen LogP contribution in [0.2, 0.25) is 0 Å². The van der Waals surface area contributed by atoms with Gasteiger partial charge in [-0.25, -0.2) is 0 Å². The average Bonchev–Trinajstić information content (AvgIpc) is 2.61. The normalized spacial score (nSPS) is 13.0. The van der Waals surface area contributed by atoms with Crippen molar-refractivity contribution in [1.29, 1.82) is 0 Å². The number of benzene rings is 3. The van der Waals surface area contributed by atoms with Crippen molar-refractivity contribution in [2.75, 3.05) is 0 Å². The van der Waals surface area contributed by atoms with Crippen LogP contribution in [0.4, 0.5) is 0 Å². The third-order valence-corrected chi connectivity index (χ3v) is 4.50. The third kappa shape index (κ3) is 2.23. The number of phenolic OH excluding ortho intramolecular Hbond substituents is 1. The molecule has 0 saturated carbocycles. The predicted octanol–water partition coefficient (Wildman–Crippen LogP) is 4.43. The van der Waals surface area contributed by atoms with E-state index in [2.05, 4.69) is 6.08 Å². The van der Waals surface area contributed by atoms with E-state index >= 15 is 0 Å². The van der Waals surface area contributed by atoms with Crippen molar-refractivity contribution in [3.63, 3.8) is 0 Å². The Morgan fingerprint density at radius 2 is 1.52 bits per heavy atom. The predicted molar refractivity (Wildman–Crippen MR) is 92.0 cm³/mol. The minimum absolute atomic E-state index is 0.0216. The van der Waals surface area contributed by atoms with Gasteiger partial charge in [0.1, 0.15) is 5.75 Å². The summed E-state index contributed by atoms with van der Waals surface area (Å²) in [6.07, 6.45) is 5.46. The van der Waals surface area contributed by atoms with Gasteiger partial charge in [0.25, 0.3) is 0 Å². The number of hydrogen-bond acceptors (Lipinski definition) is 2. The standard InChI is InChI=1S/C21H16O2/c22-20-13-12-19(16-9-3-4-10-17(16)20)21(23)18-11-5-7-14-6-1-2-8-15(14)18/h1-8,11-13,22H,9-10H2. The van der Waals surface area contributed by atoms with Crippen molar-refractivity contribution in [2.45, 2.75) is 12.8 Å². The van der Waals surface area contributed by atoms with E-state index in [1.165, 1.54) is 0 Å². The molecule has 2 heteroatoms. The second kappa shape index (κ2) is 5.40. The van der Waals surface area contributed by atoms with Crippen LogP contribution in [0.25, 0.3) is 10.8 Å². The maximum atomic E-state index is 13.1. The monoisotopic (exact) mass is 300 g/mol. The molecule has 2 nitrogen and oxygen atoms in total. The Hall–Kier alpha value is -2.87. The van der Waals surface area contributed by atoms with E-state index < -0.39 is 0 Å². The van der Waals surface area contributed by atoms with E-state index in [4.69, 9.17) is 0 Å². The van der Waals surface area contributed by atoms with E-state index in [-0.39, 0.29) is 11.5 Å². The highest BCUT2D eigenvalue weighted by molar-refractivity contribution is 6.17. The van der Waals surface area contributed by atoms with Crippen molar-refractivity contribution in [3.8, 4) is 5.75 Å². The Balaban J connectivity index is 1.90. The molecule has 1 aliphatic rings. The van der Waals surface area contributed by atoms with Gasteiger partial charge in [0.2, 0.25) is 0 Å². The highest BCUT2D eigenvalue weighted by Gasteiger charge is 2.20. The first-order chi connectivity index (χ1) is 11.3. The highest BCUT2D eigenvalue weighted by atomic mass is 16.3. The smallest absolute Gasteiger partial charge is 0.193 e. The van der Waals surface area contributed by atoms with Crippen LogP contribution in [-0.2, 0) is 12.8 Å². The molecule has 0 saturated heterocycles. The molecule has 0 aliphatic heterocycles. The fourth-order valence-electron chi connectivity index (χ4n) is 3.33. The molecule has 0 amide bonds. The number of hydrogen-bond donors (Lipinski definition) is 1. The molecule has 3 aromatic carbocycles. The van der Waals surface area contributed by atoms with Gasteiger partial charge in [-0.1, -0.05) is 54.6 Å². The molecule has 0 spiro atoms. The van der Waals surface area contributed by atoms with Gasteiger partial charge in [0, 0.05) is 16.7 Å². The minimum atomic E-state index is 0.0216. The zero-order valence-corrected chi connectivity index (χ0v) is 12.6. The Labute approximate surface area is 134 Å². The second-order valence-corrected chi connectivity index (χ2v) is 5.82. The molecule has 112 valence electrons. The van der Waals surface area contributed by atoms with Crippen LogP contribution in [0.3, 0.4) is 0 Å². The molecule has 0 radical (unpaired) electrons. The second-order valence-electron chi connectivity index (χ2n) is 5.82. The summed E-state index contributed by atoms with van der Waals surface area (Å²) in [6, 6.07) is 17.1. The number of carbonyl (C=O) groups excluding carboxylic acids is 1. The lowest BCUT2D eigenvalue weighted by Gasteiger charge is -2.17. The molecule has 0 aromatic heterocycles. The number of aromatic hydroxyl groups is 1. The fourth-order valence-corrected chi connectivity index (χ4v) is 3.33. The summed E-state index contributed by atoms with van der Waals surface area (Å²) in [7, 11) is 0. The van der Waals surface area contributed by atoms with E-state index in [0.29, 0.717) is 24.0 Å². The summed E-state index contributed by atoms with van der Waals surface area (Å²) in [5.41, 5.74) is 3.23. The first kappa shape index (κ1) is 13.8. The Morgan fingerprint density at radius 1 is 0.783 bits per heavy atom. The lowest BCUT2D eigenvalue weighted by molar-refractivity contribution is 0.103. The van der Waals surface area contributed by atoms with E-state index in [1.54, 1.807) is 12.1 Å². The summed E-state index contributed by atoms with van der Waals surface area (Å²) >= 11 is 0. The Kier molecular flexibility index (Phi) is 3.23. The molecule has 1 aliphatic carbocycles. The van der Waals surface area contributed by atoms with Crippen molar-refractivity contribution < 1.29 is 9.90 Å². The molecule has 0 fully saturated rings. The van der Waals surface area contributed by atoms with E-state index in [1.807, 2.05) is 48.5 Å². The van der Waals surface area contributed by atoms with Crippen molar-refractivity contribution in [2.24, 2.45) is 0 Å². The molecular formula is C21H16O2. The summed E-state index contributed by atoms with van der Waals surface area (Å²) in [5, 5.41) is 12.1. The summed E-state index contributed by atoms with van der Waals surface area (Å²) < 4.78 is 0. The molecule has 1 N–H and O–H groups in total. The third-order valence-electron chi connectivity index (χ3n) is 4.50. The maximum absolute atomic E-state index is 13.1. The van der Waals surface area contributed by atoms with Gasteiger partial charge >= 0.3 is 0 Å². The number of carbonyl (C=O) groups is 1. The topological polar surface area (TPSA) is 37.3 Å². The van der Waals surface area contributed by atoms with Crippen LogP contribution in [0.5, 0.6) is 5.75 Å². The summed E-state index contributed by atoms with van der Waals surface area (Å²) in [4.78, 5) is 13.1.